The maximum absolute atomic E-state index is 12.5. The van der Waals surface area contributed by atoms with Crippen molar-refractivity contribution in [2.24, 2.45) is 0 Å². The smallest absolute Gasteiger partial charge is 0.230 e. The van der Waals surface area contributed by atoms with E-state index in [4.69, 9.17) is 4.74 Å². The van der Waals surface area contributed by atoms with Gasteiger partial charge in [-0.15, -0.1) is 10.2 Å². The van der Waals surface area contributed by atoms with Crippen LogP contribution in [0.25, 0.3) is 10.9 Å². The molecule has 0 unspecified atom stereocenters. The van der Waals surface area contributed by atoms with E-state index in [-0.39, 0.29) is 11.8 Å². The van der Waals surface area contributed by atoms with Gasteiger partial charge in [0.2, 0.25) is 11.0 Å². The molecule has 2 aromatic carbocycles. The first-order chi connectivity index (χ1) is 15.2. The molecule has 3 N–H and O–H groups in total. The van der Waals surface area contributed by atoms with Crippen LogP contribution in [0.2, 0.25) is 0 Å². The first kappa shape index (κ1) is 21.2. The molecule has 4 aromatic rings. The standard InChI is InChI=1S/C22H23N5O2S2/c1-23-21-26-27-22(31-21)30-13-20(28)25-11-17(14-7-9-15(29-2)10-8-14)18-12-24-19-6-4-3-5-16(18)19/h3-10,12,17,24H,11,13H2,1-2H3,(H,23,26)(H,25,28)/t17-/m1/s1. The predicted molar refractivity (Wildman–Crippen MR) is 126 cm³/mol. The van der Waals surface area contributed by atoms with E-state index in [9.17, 15) is 4.79 Å². The second-order valence-corrected chi connectivity index (χ2v) is 9.03. The van der Waals surface area contributed by atoms with Crippen LogP contribution in [0.3, 0.4) is 0 Å². The second-order valence-electron chi connectivity index (χ2n) is 6.83. The van der Waals surface area contributed by atoms with Crippen LogP contribution in [0.15, 0.2) is 59.1 Å². The van der Waals surface area contributed by atoms with E-state index in [2.05, 4.69) is 37.9 Å². The molecule has 0 aliphatic carbocycles. The van der Waals surface area contributed by atoms with Gasteiger partial charge in [-0.05, 0) is 29.3 Å². The number of rotatable bonds is 9. The highest BCUT2D eigenvalue weighted by atomic mass is 32.2. The summed E-state index contributed by atoms with van der Waals surface area (Å²) in [7, 11) is 3.45. The average Bonchev–Trinajstić information content (AvgIpc) is 3.45. The van der Waals surface area contributed by atoms with Crippen LogP contribution >= 0.6 is 23.1 Å². The predicted octanol–water partition coefficient (Wildman–Crippen LogP) is 4.11. The molecule has 0 aliphatic rings. The van der Waals surface area contributed by atoms with E-state index >= 15 is 0 Å². The number of anilines is 1. The number of H-pyrrole nitrogens is 1. The number of aromatic amines is 1. The number of carbonyl (C=O) groups excluding carboxylic acids is 1. The molecule has 0 saturated carbocycles. The van der Waals surface area contributed by atoms with Gasteiger partial charge in [-0.1, -0.05) is 53.4 Å². The molecule has 4 rings (SSSR count). The van der Waals surface area contributed by atoms with Gasteiger partial charge in [0, 0.05) is 36.6 Å². The van der Waals surface area contributed by atoms with Gasteiger partial charge < -0.3 is 20.4 Å². The minimum Gasteiger partial charge on any atom is -0.497 e. The minimum absolute atomic E-state index is 0.00781. The van der Waals surface area contributed by atoms with Crippen molar-refractivity contribution in [2.45, 2.75) is 10.3 Å². The molecule has 0 fully saturated rings. The molecular weight excluding hydrogens is 430 g/mol. The molecule has 1 amide bonds. The topological polar surface area (TPSA) is 91.9 Å². The molecular formula is C22H23N5O2S2. The Bertz CT molecular complexity index is 1160. The number of hydrogen-bond acceptors (Lipinski definition) is 7. The van der Waals surface area contributed by atoms with Gasteiger partial charge in [-0.25, -0.2) is 0 Å². The number of ether oxygens (including phenoxy) is 1. The highest BCUT2D eigenvalue weighted by Crippen LogP contribution is 2.31. The Morgan fingerprint density at radius 1 is 1.19 bits per heavy atom. The van der Waals surface area contributed by atoms with Crippen molar-refractivity contribution in [3.63, 3.8) is 0 Å². The molecule has 0 bridgehead atoms. The normalized spacial score (nSPS) is 11.9. The fourth-order valence-electron chi connectivity index (χ4n) is 3.39. The highest BCUT2D eigenvalue weighted by Gasteiger charge is 2.19. The highest BCUT2D eigenvalue weighted by molar-refractivity contribution is 8.01. The maximum atomic E-state index is 12.5. The summed E-state index contributed by atoms with van der Waals surface area (Å²) >= 11 is 2.82. The largest absolute Gasteiger partial charge is 0.497 e. The maximum Gasteiger partial charge on any atom is 0.230 e. The third-order valence-electron chi connectivity index (χ3n) is 4.97. The second kappa shape index (κ2) is 9.84. The summed E-state index contributed by atoms with van der Waals surface area (Å²) in [5.74, 6) is 1.07. The van der Waals surface area contributed by atoms with E-state index in [1.165, 1.54) is 23.1 Å². The van der Waals surface area contributed by atoms with Gasteiger partial charge >= 0.3 is 0 Å². The SMILES string of the molecule is CNc1nnc(SCC(=O)NC[C@H](c2ccc(OC)cc2)c2c[nH]c3ccccc23)s1. The van der Waals surface area contributed by atoms with Gasteiger partial charge in [-0.2, -0.15) is 0 Å². The fraction of sp³-hybridized carbons (Fsp3) is 0.227. The molecule has 1 atom stereocenters. The monoisotopic (exact) mass is 453 g/mol. The molecule has 160 valence electrons. The van der Waals surface area contributed by atoms with E-state index in [0.29, 0.717) is 12.3 Å². The summed E-state index contributed by atoms with van der Waals surface area (Å²) in [6, 6.07) is 16.2. The molecule has 0 aliphatic heterocycles. The van der Waals surface area contributed by atoms with Crippen LogP contribution in [0, 0.1) is 0 Å². The summed E-state index contributed by atoms with van der Waals surface area (Å²) in [4.78, 5) is 15.9. The molecule has 31 heavy (non-hydrogen) atoms. The van der Waals surface area contributed by atoms with Crippen LogP contribution in [-0.2, 0) is 4.79 Å². The van der Waals surface area contributed by atoms with Crippen molar-refractivity contribution in [1.29, 1.82) is 0 Å². The van der Waals surface area contributed by atoms with Crippen molar-refractivity contribution in [3.05, 3.63) is 65.9 Å². The Balaban J connectivity index is 1.49. The van der Waals surface area contributed by atoms with Crippen molar-refractivity contribution < 1.29 is 9.53 Å². The number of aromatic nitrogens is 3. The number of benzene rings is 2. The number of amides is 1. The van der Waals surface area contributed by atoms with Gasteiger partial charge in [-0.3, -0.25) is 4.79 Å². The lowest BCUT2D eigenvalue weighted by atomic mass is 9.91. The number of para-hydroxylation sites is 1. The Labute approximate surface area is 188 Å². The molecule has 0 spiro atoms. The van der Waals surface area contributed by atoms with Crippen molar-refractivity contribution in [1.82, 2.24) is 20.5 Å². The van der Waals surface area contributed by atoms with Crippen LogP contribution in [-0.4, -0.2) is 47.5 Å². The van der Waals surface area contributed by atoms with Crippen LogP contribution in [0.5, 0.6) is 5.75 Å². The zero-order valence-electron chi connectivity index (χ0n) is 17.2. The lowest BCUT2D eigenvalue weighted by Gasteiger charge is -2.18. The molecule has 2 aromatic heterocycles. The van der Waals surface area contributed by atoms with E-state index < -0.39 is 0 Å². The number of nitrogens with one attached hydrogen (secondary N) is 3. The third-order valence-corrected chi connectivity index (χ3v) is 7.04. The Morgan fingerprint density at radius 3 is 2.74 bits per heavy atom. The Kier molecular flexibility index (Phi) is 6.73. The molecule has 0 saturated heterocycles. The molecule has 2 heterocycles. The third kappa shape index (κ3) is 5.00. The zero-order chi connectivity index (χ0) is 21.6. The summed E-state index contributed by atoms with van der Waals surface area (Å²) in [6.07, 6.45) is 2.03. The van der Waals surface area contributed by atoms with Crippen molar-refractivity contribution in [2.75, 3.05) is 31.8 Å². The van der Waals surface area contributed by atoms with Crippen LogP contribution in [0.4, 0.5) is 5.13 Å². The van der Waals surface area contributed by atoms with Gasteiger partial charge in [0.05, 0.1) is 12.9 Å². The quantitative estimate of drug-likeness (QED) is 0.330. The fourth-order valence-corrected chi connectivity index (χ4v) is 4.92. The first-order valence-corrected chi connectivity index (χ1v) is 11.6. The molecule has 9 heteroatoms. The lowest BCUT2D eigenvalue weighted by Crippen LogP contribution is -2.30. The average molecular weight is 454 g/mol. The minimum atomic E-state index is -0.0374. The summed E-state index contributed by atoms with van der Waals surface area (Å²) in [5.41, 5.74) is 3.34. The van der Waals surface area contributed by atoms with E-state index in [1.807, 2.05) is 42.6 Å². The number of methoxy groups -OCH3 is 1. The van der Waals surface area contributed by atoms with Gasteiger partial charge in [0.25, 0.3) is 0 Å². The van der Waals surface area contributed by atoms with Crippen molar-refractivity contribution >= 4 is 45.0 Å². The van der Waals surface area contributed by atoms with Gasteiger partial charge in [0.1, 0.15) is 5.75 Å². The molecule has 7 nitrogen and oxygen atoms in total. The summed E-state index contributed by atoms with van der Waals surface area (Å²) in [5, 5.41) is 16.0. The van der Waals surface area contributed by atoms with E-state index in [1.54, 1.807) is 14.2 Å². The number of hydrogen-bond donors (Lipinski definition) is 3. The van der Waals surface area contributed by atoms with Gasteiger partial charge in [0.15, 0.2) is 4.34 Å². The number of carbonyl (C=O) groups is 1. The first-order valence-electron chi connectivity index (χ1n) is 9.78. The lowest BCUT2D eigenvalue weighted by molar-refractivity contribution is -0.118. The number of thioether (sulfide) groups is 1. The Morgan fingerprint density at radius 2 is 2.00 bits per heavy atom. The molecule has 0 radical (unpaired) electrons. The van der Waals surface area contributed by atoms with E-state index in [0.717, 1.165) is 37.3 Å². The summed E-state index contributed by atoms with van der Waals surface area (Å²) in [6.45, 7) is 0.492. The van der Waals surface area contributed by atoms with Crippen molar-refractivity contribution in [3.8, 4) is 5.75 Å². The zero-order valence-corrected chi connectivity index (χ0v) is 18.8. The van der Waals surface area contributed by atoms with Crippen LogP contribution in [0.1, 0.15) is 17.0 Å². The number of fused-ring (bicyclic) bond motifs is 1. The summed E-state index contributed by atoms with van der Waals surface area (Å²) < 4.78 is 6.07. The number of nitrogens with zero attached hydrogens (tertiary/aromatic N) is 2. The van der Waals surface area contributed by atoms with Crippen LogP contribution < -0.4 is 15.4 Å². The Hall–Kier alpha value is -3.04.